The van der Waals surface area contributed by atoms with Gasteiger partial charge in [-0.2, -0.15) is 0 Å². The Balaban J connectivity index is 1.85. The molecule has 1 aliphatic carbocycles. The molecule has 0 bridgehead atoms. The third-order valence-electron chi connectivity index (χ3n) is 5.30. The molecule has 2 aromatic carbocycles. The molecule has 0 saturated heterocycles. The van der Waals surface area contributed by atoms with Gasteiger partial charge in [0.25, 0.3) is 0 Å². The Morgan fingerprint density at radius 3 is 2.92 bits per heavy atom. The number of anilines is 1. The predicted molar refractivity (Wildman–Crippen MR) is 93.3 cm³/mol. The van der Waals surface area contributed by atoms with Crippen LogP contribution in [0.4, 0.5) is 5.69 Å². The van der Waals surface area contributed by atoms with Crippen molar-refractivity contribution in [1.82, 2.24) is 4.98 Å². The molecule has 2 heterocycles. The maximum Gasteiger partial charge on any atom is 0.124 e. The number of nitrogens with one attached hydrogen (secondary N) is 2. The summed E-state index contributed by atoms with van der Waals surface area (Å²) in [6.07, 6.45) is 2.60. The first-order valence-electron chi connectivity index (χ1n) is 8.06. The van der Waals surface area contributed by atoms with E-state index >= 15 is 0 Å². The van der Waals surface area contributed by atoms with Gasteiger partial charge in [0, 0.05) is 46.3 Å². The topological polar surface area (TPSA) is 69.6 Å². The zero-order chi connectivity index (χ0) is 16.3. The summed E-state index contributed by atoms with van der Waals surface area (Å²) in [5.41, 5.74) is 6.22. The minimum Gasteiger partial charge on any atom is -0.496 e. The van der Waals surface area contributed by atoms with Gasteiger partial charge in [0.2, 0.25) is 0 Å². The van der Waals surface area contributed by atoms with Gasteiger partial charge in [0.15, 0.2) is 0 Å². The molecule has 5 rings (SSSR count). The van der Waals surface area contributed by atoms with Crippen molar-refractivity contribution in [3.63, 3.8) is 0 Å². The van der Waals surface area contributed by atoms with Crippen LogP contribution in [0.15, 0.2) is 47.8 Å². The van der Waals surface area contributed by atoms with Gasteiger partial charge in [-0.25, -0.2) is 0 Å². The Bertz CT molecular complexity index is 989. The molecule has 0 spiro atoms. The SMILES string of the molecule is COc1ccc2[nH]cc3c2c1[C@H]1Nc2ccccc2[C@H]1C/C3=N\O. The van der Waals surface area contributed by atoms with Crippen molar-refractivity contribution < 1.29 is 9.94 Å². The lowest BCUT2D eigenvalue weighted by molar-refractivity contribution is 0.317. The summed E-state index contributed by atoms with van der Waals surface area (Å²) in [5.74, 6) is 1.07. The average Bonchev–Trinajstić information content (AvgIpc) is 3.16. The van der Waals surface area contributed by atoms with E-state index in [4.69, 9.17) is 4.74 Å². The van der Waals surface area contributed by atoms with Gasteiger partial charge < -0.3 is 20.2 Å². The number of aromatic amines is 1. The lowest BCUT2D eigenvalue weighted by Gasteiger charge is -2.21. The van der Waals surface area contributed by atoms with E-state index in [1.807, 2.05) is 24.4 Å². The van der Waals surface area contributed by atoms with Crippen LogP contribution in [0.5, 0.6) is 5.75 Å². The van der Waals surface area contributed by atoms with Crippen LogP contribution in [0.1, 0.15) is 35.1 Å². The molecule has 3 N–H and O–H groups in total. The third kappa shape index (κ3) is 1.61. The standard InChI is InChI=1S/C19H17N3O2/c1-24-16-7-6-14-17-12(9-20-14)15(22-23)8-11-10-4-2-3-5-13(10)21-19(11)18(16)17/h2-7,9,11,19-21,23H,8H2,1H3/b22-15+/t11-,19+/m1/s1. The van der Waals surface area contributed by atoms with Crippen molar-refractivity contribution in [2.24, 2.45) is 5.16 Å². The molecule has 2 aliphatic rings. The molecule has 2 atom stereocenters. The van der Waals surface area contributed by atoms with E-state index in [1.165, 1.54) is 5.56 Å². The number of oxime groups is 1. The lowest BCUT2D eigenvalue weighted by atomic mass is 9.87. The molecule has 0 fully saturated rings. The van der Waals surface area contributed by atoms with Gasteiger partial charge in [-0.1, -0.05) is 23.4 Å². The van der Waals surface area contributed by atoms with Crippen molar-refractivity contribution in [2.45, 2.75) is 18.4 Å². The van der Waals surface area contributed by atoms with Crippen LogP contribution in [-0.4, -0.2) is 23.0 Å². The Hall–Kier alpha value is -2.95. The van der Waals surface area contributed by atoms with Gasteiger partial charge in [-0.3, -0.25) is 0 Å². The minimum atomic E-state index is 0.0925. The molecule has 24 heavy (non-hydrogen) atoms. The highest BCUT2D eigenvalue weighted by atomic mass is 16.5. The number of benzene rings is 2. The number of rotatable bonds is 1. The van der Waals surface area contributed by atoms with Gasteiger partial charge in [-0.05, 0) is 23.8 Å². The third-order valence-corrected chi connectivity index (χ3v) is 5.30. The Kier molecular flexibility index (Phi) is 2.68. The zero-order valence-corrected chi connectivity index (χ0v) is 13.2. The van der Waals surface area contributed by atoms with E-state index in [9.17, 15) is 5.21 Å². The Labute approximate surface area is 138 Å². The second-order valence-electron chi connectivity index (χ2n) is 6.37. The molecular weight excluding hydrogens is 302 g/mol. The van der Waals surface area contributed by atoms with E-state index in [2.05, 4.69) is 33.7 Å². The van der Waals surface area contributed by atoms with Gasteiger partial charge in [0.05, 0.1) is 18.9 Å². The number of hydrogen-bond donors (Lipinski definition) is 3. The van der Waals surface area contributed by atoms with E-state index in [1.54, 1.807) is 7.11 Å². The van der Waals surface area contributed by atoms with E-state index in [0.717, 1.165) is 33.5 Å². The van der Waals surface area contributed by atoms with E-state index in [-0.39, 0.29) is 12.0 Å². The molecule has 0 amide bonds. The number of para-hydroxylation sites is 1. The van der Waals surface area contributed by atoms with E-state index < -0.39 is 0 Å². The first-order valence-corrected chi connectivity index (χ1v) is 8.06. The molecule has 5 nitrogen and oxygen atoms in total. The molecule has 3 aromatic rings. The number of nitrogens with zero attached hydrogens (tertiary/aromatic N) is 1. The van der Waals surface area contributed by atoms with Gasteiger partial charge in [0.1, 0.15) is 5.75 Å². The molecule has 5 heteroatoms. The predicted octanol–water partition coefficient (Wildman–Crippen LogP) is 4.01. The highest BCUT2D eigenvalue weighted by Crippen LogP contribution is 2.52. The van der Waals surface area contributed by atoms with Crippen molar-refractivity contribution in [1.29, 1.82) is 0 Å². The van der Waals surface area contributed by atoms with Gasteiger partial charge >= 0.3 is 0 Å². The molecule has 1 aliphatic heterocycles. The second kappa shape index (κ2) is 4.77. The van der Waals surface area contributed by atoms with Crippen molar-refractivity contribution >= 4 is 22.3 Å². The van der Waals surface area contributed by atoms with Crippen LogP contribution in [-0.2, 0) is 0 Å². The first kappa shape index (κ1) is 13.5. The van der Waals surface area contributed by atoms with Gasteiger partial charge in [-0.15, -0.1) is 0 Å². The van der Waals surface area contributed by atoms with E-state index in [0.29, 0.717) is 12.1 Å². The Morgan fingerprint density at radius 1 is 1.21 bits per heavy atom. The van der Waals surface area contributed by atoms with Crippen LogP contribution in [0, 0.1) is 0 Å². The quantitative estimate of drug-likeness (QED) is 0.469. The number of aromatic nitrogens is 1. The number of H-pyrrole nitrogens is 1. The van der Waals surface area contributed by atoms with Crippen LogP contribution >= 0.6 is 0 Å². The summed E-state index contributed by atoms with van der Waals surface area (Å²) in [4.78, 5) is 3.29. The second-order valence-corrected chi connectivity index (χ2v) is 6.37. The molecule has 1 aromatic heterocycles. The van der Waals surface area contributed by atoms with Crippen molar-refractivity contribution in [3.05, 3.63) is 59.3 Å². The lowest BCUT2D eigenvalue weighted by Crippen LogP contribution is -2.13. The number of hydrogen-bond acceptors (Lipinski definition) is 4. The fourth-order valence-corrected chi connectivity index (χ4v) is 4.26. The highest BCUT2D eigenvalue weighted by molar-refractivity contribution is 6.13. The molecular formula is C19H17N3O2. The average molecular weight is 319 g/mol. The van der Waals surface area contributed by atoms with Crippen molar-refractivity contribution in [3.8, 4) is 5.75 Å². The maximum atomic E-state index is 9.63. The van der Waals surface area contributed by atoms with Crippen LogP contribution in [0.2, 0.25) is 0 Å². The molecule has 120 valence electrons. The summed E-state index contributed by atoms with van der Waals surface area (Å²) < 4.78 is 5.68. The first-order chi connectivity index (χ1) is 11.8. The number of ether oxygens (including phenoxy) is 1. The monoisotopic (exact) mass is 319 g/mol. The number of fused-ring (bicyclic) bond motifs is 4. The number of methoxy groups -OCH3 is 1. The zero-order valence-electron chi connectivity index (χ0n) is 13.2. The fourth-order valence-electron chi connectivity index (χ4n) is 4.26. The summed E-state index contributed by atoms with van der Waals surface area (Å²) in [6, 6.07) is 12.5. The van der Waals surface area contributed by atoms with Crippen LogP contribution in [0.25, 0.3) is 10.9 Å². The molecule has 0 unspecified atom stereocenters. The normalized spacial score (nSPS) is 22.8. The highest BCUT2D eigenvalue weighted by Gasteiger charge is 2.40. The summed E-state index contributed by atoms with van der Waals surface area (Å²) >= 11 is 0. The van der Waals surface area contributed by atoms with Crippen LogP contribution < -0.4 is 10.1 Å². The largest absolute Gasteiger partial charge is 0.496 e. The summed E-state index contributed by atoms with van der Waals surface area (Å²) in [6.45, 7) is 0. The smallest absolute Gasteiger partial charge is 0.124 e. The molecule has 0 saturated carbocycles. The fraction of sp³-hybridized carbons (Fsp3) is 0.211. The van der Waals surface area contributed by atoms with Crippen molar-refractivity contribution in [2.75, 3.05) is 12.4 Å². The summed E-state index contributed by atoms with van der Waals surface area (Å²) in [7, 11) is 1.70. The summed E-state index contributed by atoms with van der Waals surface area (Å²) in [5, 5.41) is 18.0. The minimum absolute atomic E-state index is 0.0925. The maximum absolute atomic E-state index is 9.63. The van der Waals surface area contributed by atoms with Crippen LogP contribution in [0.3, 0.4) is 0 Å². The molecule has 0 radical (unpaired) electrons. The Morgan fingerprint density at radius 2 is 2.08 bits per heavy atom.